The molecule has 0 saturated carbocycles. The van der Waals surface area contributed by atoms with Gasteiger partial charge in [-0.05, 0) is 33.2 Å². The van der Waals surface area contributed by atoms with Gasteiger partial charge in [0, 0.05) is 12.5 Å². The molecule has 3 nitrogen and oxygen atoms in total. The van der Waals surface area contributed by atoms with E-state index in [2.05, 4.69) is 5.32 Å². The van der Waals surface area contributed by atoms with Gasteiger partial charge >= 0.3 is 0 Å². The van der Waals surface area contributed by atoms with Gasteiger partial charge in [0.1, 0.15) is 0 Å². The molecule has 3 N–H and O–H groups in total. The van der Waals surface area contributed by atoms with Crippen LogP contribution in [0.1, 0.15) is 26.7 Å². The largest absolute Gasteiger partial charge is 0.316 e. The maximum Gasteiger partial charge on any atom is 0.0878 e. The minimum Gasteiger partial charge on any atom is -0.316 e. The summed E-state index contributed by atoms with van der Waals surface area (Å²) in [5.41, 5.74) is -0.173. The first-order chi connectivity index (χ1) is 5.17. The van der Waals surface area contributed by atoms with E-state index in [4.69, 9.17) is 10.7 Å². The molecule has 1 fully saturated rings. The molecule has 1 rings (SSSR count). The van der Waals surface area contributed by atoms with Crippen LogP contribution in [0.2, 0.25) is 0 Å². The van der Waals surface area contributed by atoms with Crippen molar-refractivity contribution < 1.29 is 4.84 Å². The minimum absolute atomic E-state index is 0.173. The minimum atomic E-state index is -0.173. The molecule has 1 aliphatic heterocycles. The molecule has 1 atom stereocenters. The summed E-state index contributed by atoms with van der Waals surface area (Å²) < 4.78 is 0. The lowest BCUT2D eigenvalue weighted by Crippen LogP contribution is -2.45. The van der Waals surface area contributed by atoms with Crippen LogP contribution in [0.4, 0.5) is 0 Å². The van der Waals surface area contributed by atoms with Gasteiger partial charge in [0.25, 0.3) is 0 Å². The van der Waals surface area contributed by atoms with Gasteiger partial charge in [0.15, 0.2) is 0 Å². The van der Waals surface area contributed by atoms with Crippen molar-refractivity contribution in [2.24, 2.45) is 11.8 Å². The fourth-order valence-corrected chi connectivity index (χ4v) is 1.54. The Labute approximate surface area is 68.2 Å². The van der Waals surface area contributed by atoms with E-state index in [1.807, 2.05) is 13.8 Å². The number of nitrogens with two attached hydrogens (primary N) is 1. The van der Waals surface area contributed by atoms with Crippen molar-refractivity contribution in [2.45, 2.75) is 32.3 Å². The topological polar surface area (TPSA) is 47.3 Å². The van der Waals surface area contributed by atoms with E-state index in [-0.39, 0.29) is 5.60 Å². The van der Waals surface area contributed by atoms with Crippen LogP contribution < -0.4 is 11.2 Å². The zero-order chi connectivity index (χ0) is 8.32. The van der Waals surface area contributed by atoms with Crippen molar-refractivity contribution >= 4 is 0 Å². The Bertz CT molecular complexity index is 119. The van der Waals surface area contributed by atoms with Crippen LogP contribution in [0.3, 0.4) is 0 Å². The quantitative estimate of drug-likeness (QED) is 0.580. The smallest absolute Gasteiger partial charge is 0.0878 e. The Kier molecular flexibility index (Phi) is 2.87. The predicted octanol–water partition coefficient (Wildman–Crippen LogP) is 0.655. The molecule has 1 unspecified atom stereocenters. The molecule has 3 heteroatoms. The highest BCUT2D eigenvalue weighted by Gasteiger charge is 2.30. The first-order valence-corrected chi connectivity index (χ1v) is 4.25. The van der Waals surface area contributed by atoms with Crippen LogP contribution in [-0.4, -0.2) is 18.7 Å². The van der Waals surface area contributed by atoms with Crippen LogP contribution in [0, 0.1) is 5.92 Å². The normalized spacial score (nSPS) is 27.0. The van der Waals surface area contributed by atoms with E-state index >= 15 is 0 Å². The molecule has 1 aliphatic rings. The van der Waals surface area contributed by atoms with Gasteiger partial charge < -0.3 is 5.32 Å². The molecule has 0 aliphatic carbocycles. The summed E-state index contributed by atoms with van der Waals surface area (Å²) in [7, 11) is 0. The molecule has 1 saturated heterocycles. The molecule has 1 heterocycles. The summed E-state index contributed by atoms with van der Waals surface area (Å²) in [6.45, 7) is 6.26. The predicted molar refractivity (Wildman–Crippen MR) is 44.9 cm³/mol. The third-order valence-electron chi connectivity index (χ3n) is 2.58. The monoisotopic (exact) mass is 158 g/mol. The molecular formula is C8H18N2O. The van der Waals surface area contributed by atoms with Gasteiger partial charge in [-0.1, -0.05) is 0 Å². The first kappa shape index (κ1) is 8.97. The molecule has 66 valence electrons. The van der Waals surface area contributed by atoms with Crippen LogP contribution in [0.15, 0.2) is 0 Å². The van der Waals surface area contributed by atoms with Crippen LogP contribution in [0.5, 0.6) is 0 Å². The van der Waals surface area contributed by atoms with Crippen molar-refractivity contribution in [2.75, 3.05) is 13.1 Å². The molecule has 0 radical (unpaired) electrons. The average Bonchev–Trinajstić information content (AvgIpc) is 2.06. The van der Waals surface area contributed by atoms with Crippen molar-refractivity contribution in [3.63, 3.8) is 0 Å². The zero-order valence-corrected chi connectivity index (χ0v) is 7.39. The van der Waals surface area contributed by atoms with Gasteiger partial charge in [-0.25, -0.2) is 5.90 Å². The fourth-order valence-electron chi connectivity index (χ4n) is 1.54. The highest BCUT2D eigenvalue weighted by molar-refractivity contribution is 4.83. The highest BCUT2D eigenvalue weighted by atomic mass is 16.6. The lowest BCUT2D eigenvalue weighted by molar-refractivity contribution is -0.0683. The average molecular weight is 158 g/mol. The Balaban J connectivity index is 2.43. The number of rotatable bonds is 2. The molecule has 0 spiro atoms. The standard InChI is InChI=1S/C8H18N2O/c1-8(2,11-9)7-4-3-5-10-6-7/h7,10H,3-6,9H2,1-2H3. The SMILES string of the molecule is CC(C)(ON)C1CCCNC1. The number of piperidine rings is 1. The first-order valence-electron chi connectivity index (χ1n) is 4.25. The maximum absolute atomic E-state index is 5.21. The number of nitrogens with one attached hydrogen (secondary N) is 1. The Morgan fingerprint density at radius 2 is 2.27 bits per heavy atom. The van der Waals surface area contributed by atoms with E-state index in [1.165, 1.54) is 12.8 Å². The highest BCUT2D eigenvalue weighted by Crippen LogP contribution is 2.25. The molecule has 0 bridgehead atoms. The maximum atomic E-state index is 5.21. The lowest BCUT2D eigenvalue weighted by Gasteiger charge is -2.35. The Hall–Kier alpha value is -0.120. The van der Waals surface area contributed by atoms with Crippen LogP contribution in [0.25, 0.3) is 0 Å². The number of hydrogen-bond acceptors (Lipinski definition) is 3. The Morgan fingerprint density at radius 1 is 1.55 bits per heavy atom. The van der Waals surface area contributed by atoms with Crippen LogP contribution in [-0.2, 0) is 4.84 Å². The van der Waals surface area contributed by atoms with Crippen molar-refractivity contribution in [1.29, 1.82) is 0 Å². The summed E-state index contributed by atoms with van der Waals surface area (Å²) >= 11 is 0. The summed E-state index contributed by atoms with van der Waals surface area (Å²) in [5, 5.41) is 3.34. The van der Waals surface area contributed by atoms with E-state index in [9.17, 15) is 0 Å². The van der Waals surface area contributed by atoms with Crippen molar-refractivity contribution in [3.05, 3.63) is 0 Å². The fraction of sp³-hybridized carbons (Fsp3) is 1.00. The van der Waals surface area contributed by atoms with Crippen molar-refractivity contribution in [3.8, 4) is 0 Å². The third-order valence-corrected chi connectivity index (χ3v) is 2.58. The second kappa shape index (κ2) is 3.52. The van der Waals surface area contributed by atoms with E-state index in [0.29, 0.717) is 5.92 Å². The van der Waals surface area contributed by atoms with Crippen LogP contribution >= 0.6 is 0 Å². The van der Waals surface area contributed by atoms with Gasteiger partial charge in [-0.2, -0.15) is 0 Å². The van der Waals surface area contributed by atoms with Gasteiger partial charge in [-0.15, -0.1) is 0 Å². The van der Waals surface area contributed by atoms with E-state index in [1.54, 1.807) is 0 Å². The molecule has 11 heavy (non-hydrogen) atoms. The zero-order valence-electron chi connectivity index (χ0n) is 7.39. The number of hydrogen-bond donors (Lipinski definition) is 2. The molecule has 0 aromatic heterocycles. The van der Waals surface area contributed by atoms with Gasteiger partial charge in [0.2, 0.25) is 0 Å². The second-order valence-electron chi connectivity index (χ2n) is 3.76. The molecule has 0 aromatic carbocycles. The summed E-state index contributed by atoms with van der Waals surface area (Å²) in [5.74, 6) is 5.77. The van der Waals surface area contributed by atoms with Gasteiger partial charge in [-0.3, -0.25) is 4.84 Å². The lowest BCUT2D eigenvalue weighted by atomic mass is 9.85. The third kappa shape index (κ3) is 2.15. The summed E-state index contributed by atoms with van der Waals surface area (Å²) in [4.78, 5) is 4.94. The van der Waals surface area contributed by atoms with Gasteiger partial charge in [0.05, 0.1) is 5.60 Å². The van der Waals surface area contributed by atoms with E-state index in [0.717, 1.165) is 13.1 Å². The molecule has 0 amide bonds. The Morgan fingerprint density at radius 3 is 2.73 bits per heavy atom. The summed E-state index contributed by atoms with van der Waals surface area (Å²) in [6.07, 6.45) is 2.45. The summed E-state index contributed by atoms with van der Waals surface area (Å²) in [6, 6.07) is 0. The van der Waals surface area contributed by atoms with E-state index < -0.39 is 0 Å². The molecule has 0 aromatic rings. The second-order valence-corrected chi connectivity index (χ2v) is 3.76. The molecular weight excluding hydrogens is 140 g/mol. The van der Waals surface area contributed by atoms with Crippen molar-refractivity contribution in [1.82, 2.24) is 5.32 Å².